The number of carbonyl (C=O) groups is 2. The molecular weight excluding hydrogens is 297 g/mol. The molecule has 5 nitrogen and oxygen atoms in total. The van der Waals surface area contributed by atoms with Gasteiger partial charge in [0.25, 0.3) is 5.91 Å². The summed E-state index contributed by atoms with van der Waals surface area (Å²) in [5.74, 6) is -0.899. The molecule has 0 radical (unpaired) electrons. The van der Waals surface area contributed by atoms with Gasteiger partial charge in [-0.15, -0.1) is 0 Å². The Labute approximate surface area is 133 Å². The molecule has 1 aliphatic rings. The molecule has 2 aromatic rings. The van der Waals surface area contributed by atoms with Gasteiger partial charge in [-0.2, -0.15) is 0 Å². The van der Waals surface area contributed by atoms with Crippen molar-refractivity contribution < 1.29 is 14.0 Å². The van der Waals surface area contributed by atoms with Crippen LogP contribution in [0.5, 0.6) is 0 Å². The van der Waals surface area contributed by atoms with Crippen molar-refractivity contribution in [2.75, 3.05) is 18.5 Å². The first-order valence-electron chi connectivity index (χ1n) is 7.45. The number of aromatic nitrogens is 1. The lowest BCUT2D eigenvalue weighted by atomic mass is 10.2. The van der Waals surface area contributed by atoms with Gasteiger partial charge >= 0.3 is 0 Å². The van der Waals surface area contributed by atoms with Crippen LogP contribution in [0.1, 0.15) is 16.9 Å². The normalized spacial score (nSPS) is 17.6. The highest BCUT2D eigenvalue weighted by Gasteiger charge is 2.38. The molecule has 0 aliphatic carbocycles. The van der Waals surface area contributed by atoms with Crippen molar-refractivity contribution in [3.05, 3.63) is 54.1 Å². The molecule has 120 valence electrons. The summed E-state index contributed by atoms with van der Waals surface area (Å²) in [4.78, 5) is 28.0. The number of para-hydroxylation sites is 1. The van der Waals surface area contributed by atoms with Crippen LogP contribution < -0.4 is 4.90 Å². The Balaban J connectivity index is 1.80. The zero-order valence-electron chi connectivity index (χ0n) is 13.1. The molecule has 1 saturated heterocycles. The third-order valence-corrected chi connectivity index (χ3v) is 4.27. The van der Waals surface area contributed by atoms with Crippen molar-refractivity contribution >= 4 is 17.5 Å². The standard InChI is InChI=1S/C17H18FN3O2/c1-19-10-5-8-14(19)16(22)20(2)15-9-11-21(17(15)23)13-7-4-3-6-12(13)18/h3-8,10,15H,9,11H2,1-2H3/t15-/m1/s1. The second kappa shape index (κ2) is 5.87. The zero-order valence-corrected chi connectivity index (χ0v) is 13.1. The van der Waals surface area contributed by atoms with Crippen molar-refractivity contribution in [3.63, 3.8) is 0 Å². The van der Waals surface area contributed by atoms with E-state index in [4.69, 9.17) is 0 Å². The predicted octanol–water partition coefficient (Wildman–Crippen LogP) is 2.04. The number of anilines is 1. The molecule has 1 aromatic heterocycles. The summed E-state index contributed by atoms with van der Waals surface area (Å²) in [6, 6.07) is 9.11. The lowest BCUT2D eigenvalue weighted by molar-refractivity contribution is -0.120. The van der Waals surface area contributed by atoms with Gasteiger partial charge in [0.1, 0.15) is 17.6 Å². The van der Waals surface area contributed by atoms with E-state index in [2.05, 4.69) is 0 Å². The minimum absolute atomic E-state index is 0.216. The van der Waals surface area contributed by atoms with E-state index in [0.29, 0.717) is 18.7 Å². The van der Waals surface area contributed by atoms with E-state index >= 15 is 0 Å². The summed E-state index contributed by atoms with van der Waals surface area (Å²) in [6.07, 6.45) is 2.27. The number of carbonyl (C=O) groups excluding carboxylic acids is 2. The van der Waals surface area contributed by atoms with Crippen molar-refractivity contribution in [3.8, 4) is 0 Å². The lowest BCUT2D eigenvalue weighted by Crippen LogP contribution is -2.43. The van der Waals surface area contributed by atoms with Crippen LogP contribution in [0.25, 0.3) is 0 Å². The maximum atomic E-state index is 13.9. The molecule has 1 aromatic carbocycles. The monoisotopic (exact) mass is 315 g/mol. The third kappa shape index (κ3) is 2.60. The van der Waals surface area contributed by atoms with Crippen molar-refractivity contribution in [1.82, 2.24) is 9.47 Å². The lowest BCUT2D eigenvalue weighted by Gasteiger charge is -2.24. The van der Waals surface area contributed by atoms with Crippen molar-refractivity contribution in [1.29, 1.82) is 0 Å². The number of benzene rings is 1. The molecule has 1 atom stereocenters. The van der Waals surface area contributed by atoms with Gasteiger partial charge in [-0.25, -0.2) is 4.39 Å². The molecule has 3 rings (SSSR count). The number of nitrogens with zero attached hydrogens (tertiary/aromatic N) is 3. The summed E-state index contributed by atoms with van der Waals surface area (Å²) in [7, 11) is 3.39. The van der Waals surface area contributed by atoms with Crippen LogP contribution in [0.15, 0.2) is 42.6 Å². The fourth-order valence-corrected chi connectivity index (χ4v) is 2.94. The number of amides is 2. The van der Waals surface area contributed by atoms with Gasteiger partial charge in [-0.1, -0.05) is 12.1 Å². The Kier molecular flexibility index (Phi) is 3.90. The zero-order chi connectivity index (χ0) is 16.6. The van der Waals surface area contributed by atoms with Gasteiger partial charge < -0.3 is 14.4 Å². The first-order chi connectivity index (χ1) is 11.0. The Morgan fingerprint density at radius 2 is 2.00 bits per heavy atom. The Morgan fingerprint density at radius 1 is 1.26 bits per heavy atom. The van der Waals surface area contributed by atoms with E-state index in [-0.39, 0.29) is 17.5 Å². The Morgan fingerprint density at radius 3 is 2.65 bits per heavy atom. The van der Waals surface area contributed by atoms with E-state index in [1.807, 2.05) is 0 Å². The smallest absolute Gasteiger partial charge is 0.270 e. The van der Waals surface area contributed by atoms with Crippen molar-refractivity contribution in [2.24, 2.45) is 7.05 Å². The van der Waals surface area contributed by atoms with Crippen LogP contribution in [0.4, 0.5) is 10.1 Å². The second-order valence-electron chi connectivity index (χ2n) is 5.67. The average Bonchev–Trinajstić information content (AvgIpc) is 3.12. The largest absolute Gasteiger partial charge is 0.347 e. The fourth-order valence-electron chi connectivity index (χ4n) is 2.94. The highest BCUT2D eigenvalue weighted by molar-refractivity contribution is 6.03. The second-order valence-corrected chi connectivity index (χ2v) is 5.67. The molecule has 2 heterocycles. The van der Waals surface area contributed by atoms with Crippen LogP contribution in [-0.2, 0) is 11.8 Å². The molecule has 23 heavy (non-hydrogen) atoms. The number of hydrogen-bond donors (Lipinski definition) is 0. The predicted molar refractivity (Wildman–Crippen MR) is 84.7 cm³/mol. The molecule has 0 N–H and O–H groups in total. The number of likely N-dealkylation sites (N-methyl/N-ethyl adjacent to an activating group) is 1. The molecular formula is C17H18FN3O2. The number of rotatable bonds is 3. The number of hydrogen-bond acceptors (Lipinski definition) is 2. The van der Waals surface area contributed by atoms with Gasteiger partial charge in [0.2, 0.25) is 5.91 Å². The SMILES string of the molecule is CN(C(=O)c1cccn1C)[C@@H]1CCN(c2ccccc2F)C1=O. The molecule has 0 saturated carbocycles. The third-order valence-electron chi connectivity index (χ3n) is 4.27. The molecule has 1 aliphatic heterocycles. The van der Waals surface area contributed by atoms with Gasteiger partial charge in [-0.05, 0) is 30.7 Å². The minimum Gasteiger partial charge on any atom is -0.347 e. The van der Waals surface area contributed by atoms with E-state index < -0.39 is 11.9 Å². The minimum atomic E-state index is -0.572. The molecule has 2 amide bonds. The summed E-state index contributed by atoms with van der Waals surface area (Å²) < 4.78 is 15.6. The average molecular weight is 315 g/mol. The topological polar surface area (TPSA) is 45.6 Å². The van der Waals surface area contributed by atoms with Gasteiger partial charge in [0, 0.05) is 26.8 Å². The highest BCUT2D eigenvalue weighted by atomic mass is 19.1. The quantitative estimate of drug-likeness (QED) is 0.870. The summed E-state index contributed by atoms with van der Waals surface area (Å²) in [6.45, 7) is 0.398. The summed E-state index contributed by atoms with van der Waals surface area (Å²) in [5, 5.41) is 0. The van der Waals surface area contributed by atoms with Crippen molar-refractivity contribution in [2.45, 2.75) is 12.5 Å². The Hall–Kier alpha value is -2.63. The first-order valence-corrected chi connectivity index (χ1v) is 7.45. The molecule has 6 heteroatoms. The van der Waals surface area contributed by atoms with E-state index in [0.717, 1.165) is 0 Å². The maximum Gasteiger partial charge on any atom is 0.270 e. The van der Waals surface area contributed by atoms with Crippen LogP contribution in [-0.4, -0.2) is 40.9 Å². The number of aryl methyl sites for hydroxylation is 1. The van der Waals surface area contributed by atoms with E-state index in [1.54, 1.807) is 55.2 Å². The van der Waals surface area contributed by atoms with Crippen LogP contribution in [0.2, 0.25) is 0 Å². The molecule has 1 fully saturated rings. The highest BCUT2D eigenvalue weighted by Crippen LogP contribution is 2.26. The summed E-state index contributed by atoms with van der Waals surface area (Å²) in [5.41, 5.74) is 0.782. The molecule has 0 unspecified atom stereocenters. The van der Waals surface area contributed by atoms with Crippen LogP contribution >= 0.6 is 0 Å². The summed E-state index contributed by atoms with van der Waals surface area (Å²) >= 11 is 0. The van der Waals surface area contributed by atoms with E-state index in [9.17, 15) is 14.0 Å². The van der Waals surface area contributed by atoms with Crippen LogP contribution in [0, 0.1) is 5.82 Å². The Bertz CT molecular complexity index is 756. The fraction of sp³-hybridized carbons (Fsp3) is 0.294. The van der Waals surface area contributed by atoms with Crippen LogP contribution in [0.3, 0.4) is 0 Å². The van der Waals surface area contributed by atoms with Gasteiger partial charge in [-0.3, -0.25) is 9.59 Å². The first kappa shape index (κ1) is 15.3. The maximum absolute atomic E-state index is 13.9. The van der Waals surface area contributed by atoms with Gasteiger partial charge in [0.05, 0.1) is 5.69 Å². The van der Waals surface area contributed by atoms with E-state index in [1.165, 1.54) is 15.9 Å². The molecule has 0 bridgehead atoms. The number of halogens is 1. The molecule has 0 spiro atoms. The van der Waals surface area contributed by atoms with Gasteiger partial charge in [0.15, 0.2) is 0 Å².